The Morgan fingerprint density at radius 1 is 0.957 bits per heavy atom. The first-order valence-electron chi connectivity index (χ1n) is 8.89. The van der Waals surface area contributed by atoms with Crippen LogP contribution in [0.1, 0.15) is 32.3 Å². The maximum Gasteiger partial charge on any atom is 0.0471 e. The van der Waals surface area contributed by atoms with Gasteiger partial charge in [0.1, 0.15) is 0 Å². The van der Waals surface area contributed by atoms with Crippen molar-refractivity contribution in [2.24, 2.45) is 0 Å². The van der Waals surface area contributed by atoms with Gasteiger partial charge in [-0.2, -0.15) is 0 Å². The fraction of sp³-hybridized carbons (Fsp3) is 0.632. The maximum absolute atomic E-state index is 6.56. The summed E-state index contributed by atoms with van der Waals surface area (Å²) in [5.74, 6) is 1.50. The number of anilines is 1. The van der Waals surface area contributed by atoms with Gasteiger partial charge >= 0.3 is 0 Å². The van der Waals surface area contributed by atoms with E-state index in [-0.39, 0.29) is 0 Å². The van der Waals surface area contributed by atoms with Gasteiger partial charge in [0, 0.05) is 63.1 Å². The van der Waals surface area contributed by atoms with Crippen LogP contribution in [-0.4, -0.2) is 55.6 Å². The molecule has 3 rings (SSSR count). The maximum atomic E-state index is 6.56. The zero-order valence-electron chi connectivity index (χ0n) is 14.5. The molecule has 4 heteroatoms. The van der Waals surface area contributed by atoms with Crippen molar-refractivity contribution in [3.05, 3.63) is 34.7 Å². The summed E-state index contributed by atoms with van der Waals surface area (Å²) in [6, 6.07) is 6.64. The van der Waals surface area contributed by atoms with Gasteiger partial charge in [-0.25, -0.2) is 0 Å². The minimum atomic E-state index is 0.926. The Bertz CT molecular complexity index is 503. The summed E-state index contributed by atoms with van der Waals surface area (Å²) in [5.41, 5.74) is 2.55. The van der Waals surface area contributed by atoms with E-state index in [4.69, 9.17) is 11.6 Å². The van der Waals surface area contributed by atoms with E-state index in [9.17, 15) is 0 Å². The van der Waals surface area contributed by atoms with Crippen LogP contribution in [0.3, 0.4) is 0 Å². The van der Waals surface area contributed by atoms with Crippen molar-refractivity contribution in [3.63, 3.8) is 0 Å². The van der Waals surface area contributed by atoms with E-state index in [2.05, 4.69) is 46.7 Å². The summed E-state index contributed by atoms with van der Waals surface area (Å²) < 4.78 is 0. The van der Waals surface area contributed by atoms with E-state index in [0.29, 0.717) is 0 Å². The molecule has 0 bridgehead atoms. The Balaban J connectivity index is 1.54. The molecule has 3 nitrogen and oxygen atoms in total. The first kappa shape index (κ1) is 17.1. The topological polar surface area (TPSA) is 9.72 Å². The number of halogens is 1. The highest BCUT2D eigenvalue weighted by Gasteiger charge is 2.19. The smallest absolute Gasteiger partial charge is 0.0471 e. The molecule has 1 radical (unpaired) electrons. The first-order valence-corrected chi connectivity index (χ1v) is 9.27. The molecular weight excluding hydrogens is 306 g/mol. The van der Waals surface area contributed by atoms with E-state index in [1.807, 2.05) is 0 Å². The number of benzene rings is 1. The molecule has 2 aliphatic heterocycles. The van der Waals surface area contributed by atoms with Crippen molar-refractivity contribution in [2.75, 3.05) is 50.7 Å². The quantitative estimate of drug-likeness (QED) is 0.813. The predicted molar refractivity (Wildman–Crippen MR) is 99.2 cm³/mol. The van der Waals surface area contributed by atoms with Crippen LogP contribution in [0.2, 0.25) is 5.02 Å². The summed E-state index contributed by atoms with van der Waals surface area (Å²) in [6.07, 6.45) is 2.61. The summed E-state index contributed by atoms with van der Waals surface area (Å²) in [6.45, 7) is 13.5. The molecule has 0 saturated carbocycles. The molecule has 0 spiro atoms. The Morgan fingerprint density at radius 3 is 2.22 bits per heavy atom. The van der Waals surface area contributed by atoms with Crippen LogP contribution < -0.4 is 4.90 Å². The van der Waals surface area contributed by atoms with Crippen molar-refractivity contribution in [3.8, 4) is 0 Å². The van der Waals surface area contributed by atoms with Gasteiger partial charge in [-0.3, -0.25) is 4.90 Å². The molecule has 0 atom stereocenters. The predicted octanol–water partition coefficient (Wildman–Crippen LogP) is 3.67. The molecular formula is C19H29ClN3. The van der Waals surface area contributed by atoms with Crippen LogP contribution in [0.25, 0.3) is 0 Å². The van der Waals surface area contributed by atoms with Gasteiger partial charge in [0.25, 0.3) is 0 Å². The number of rotatable bonds is 5. The number of nitrogens with zero attached hydrogens (tertiary/aromatic N) is 3. The van der Waals surface area contributed by atoms with E-state index in [1.54, 1.807) is 0 Å². The third kappa shape index (κ3) is 4.62. The van der Waals surface area contributed by atoms with Gasteiger partial charge in [-0.1, -0.05) is 31.5 Å². The second kappa shape index (κ2) is 7.87. The molecule has 2 fully saturated rings. The Hall–Kier alpha value is -0.770. The lowest BCUT2D eigenvalue weighted by molar-refractivity contribution is 0.131. The van der Waals surface area contributed by atoms with Crippen molar-refractivity contribution in [1.29, 1.82) is 0 Å². The molecule has 23 heavy (non-hydrogen) atoms. The lowest BCUT2D eigenvalue weighted by atomic mass is 10.1. The summed E-state index contributed by atoms with van der Waals surface area (Å²) in [7, 11) is 0. The highest BCUT2D eigenvalue weighted by molar-refractivity contribution is 6.31. The summed E-state index contributed by atoms with van der Waals surface area (Å²) in [5, 5.41) is 0.926. The molecule has 127 valence electrons. The van der Waals surface area contributed by atoms with Crippen molar-refractivity contribution < 1.29 is 0 Å². The third-order valence-electron chi connectivity index (χ3n) is 4.91. The minimum Gasteiger partial charge on any atom is -0.371 e. The fourth-order valence-corrected chi connectivity index (χ4v) is 3.86. The number of hydrogen-bond donors (Lipinski definition) is 0. The third-order valence-corrected chi connectivity index (χ3v) is 5.26. The molecule has 2 heterocycles. The zero-order chi connectivity index (χ0) is 16.2. The molecule has 1 aromatic carbocycles. The molecule has 0 amide bonds. The minimum absolute atomic E-state index is 0.926. The van der Waals surface area contributed by atoms with Crippen LogP contribution in [0.5, 0.6) is 0 Å². The van der Waals surface area contributed by atoms with Crippen LogP contribution in [0.4, 0.5) is 5.69 Å². The van der Waals surface area contributed by atoms with Crippen molar-refractivity contribution in [1.82, 2.24) is 9.80 Å². The van der Waals surface area contributed by atoms with Crippen LogP contribution >= 0.6 is 11.6 Å². The monoisotopic (exact) mass is 334 g/mol. The normalized spacial score (nSPS) is 20.6. The number of piperazine rings is 1. The molecule has 0 aromatic heterocycles. The molecule has 1 aromatic rings. The summed E-state index contributed by atoms with van der Waals surface area (Å²) >= 11 is 6.56. The Labute approximate surface area is 146 Å². The highest BCUT2D eigenvalue weighted by Crippen LogP contribution is 2.27. The molecule has 0 aliphatic carbocycles. The Kier molecular flexibility index (Phi) is 5.84. The largest absolute Gasteiger partial charge is 0.371 e. The van der Waals surface area contributed by atoms with E-state index in [0.717, 1.165) is 44.3 Å². The van der Waals surface area contributed by atoms with Gasteiger partial charge in [0.05, 0.1) is 0 Å². The lowest BCUT2D eigenvalue weighted by Crippen LogP contribution is -2.46. The molecule has 0 N–H and O–H groups in total. The fourth-order valence-electron chi connectivity index (χ4n) is 3.63. The lowest BCUT2D eigenvalue weighted by Gasteiger charge is -2.35. The van der Waals surface area contributed by atoms with Crippen LogP contribution in [-0.2, 0) is 6.54 Å². The Morgan fingerprint density at radius 2 is 1.61 bits per heavy atom. The van der Waals surface area contributed by atoms with Gasteiger partial charge < -0.3 is 9.80 Å². The van der Waals surface area contributed by atoms with E-state index in [1.165, 1.54) is 43.1 Å². The SMILES string of the molecule is C[C](C)CN1CCN(Cc2ccc(N3CCCC3)cc2Cl)CC1. The first-order chi connectivity index (χ1) is 11.1. The summed E-state index contributed by atoms with van der Waals surface area (Å²) in [4.78, 5) is 7.51. The standard InChI is InChI=1S/C19H29ClN3/c1-16(2)14-21-9-11-22(12-10-21)15-17-5-6-18(13-19(17)20)23-7-3-4-8-23/h5-6,13H,3-4,7-12,14-15H2,1-2H3. The highest BCUT2D eigenvalue weighted by atomic mass is 35.5. The van der Waals surface area contributed by atoms with E-state index < -0.39 is 0 Å². The average Bonchev–Trinajstić information content (AvgIpc) is 3.05. The van der Waals surface area contributed by atoms with Crippen molar-refractivity contribution in [2.45, 2.75) is 33.2 Å². The van der Waals surface area contributed by atoms with Gasteiger partial charge in [-0.05, 0) is 36.5 Å². The van der Waals surface area contributed by atoms with E-state index >= 15 is 0 Å². The second-order valence-electron chi connectivity index (χ2n) is 7.23. The second-order valence-corrected chi connectivity index (χ2v) is 7.64. The van der Waals surface area contributed by atoms with Gasteiger partial charge in [-0.15, -0.1) is 0 Å². The van der Waals surface area contributed by atoms with Crippen LogP contribution in [0.15, 0.2) is 18.2 Å². The molecule has 2 aliphatic rings. The molecule has 2 saturated heterocycles. The van der Waals surface area contributed by atoms with Crippen molar-refractivity contribution >= 4 is 17.3 Å². The van der Waals surface area contributed by atoms with Gasteiger partial charge in [0.15, 0.2) is 0 Å². The van der Waals surface area contributed by atoms with Crippen LogP contribution in [0, 0.1) is 5.92 Å². The number of hydrogen-bond acceptors (Lipinski definition) is 3. The zero-order valence-corrected chi connectivity index (χ0v) is 15.3. The molecule has 0 unspecified atom stereocenters. The average molecular weight is 335 g/mol. The van der Waals surface area contributed by atoms with Gasteiger partial charge in [0.2, 0.25) is 0 Å².